The Morgan fingerprint density at radius 2 is 1.58 bits per heavy atom. The lowest BCUT2D eigenvalue weighted by Crippen LogP contribution is -2.50. The number of carbonyl (C=O) groups excluding carboxylic acids is 2. The predicted molar refractivity (Wildman–Crippen MR) is 117 cm³/mol. The summed E-state index contributed by atoms with van der Waals surface area (Å²) in [6, 6.07) is 10.3. The molecule has 0 spiro atoms. The molecule has 3 aliphatic rings. The van der Waals surface area contributed by atoms with Crippen molar-refractivity contribution in [3.8, 4) is 0 Å². The van der Waals surface area contributed by atoms with E-state index in [0.717, 1.165) is 16.8 Å². The van der Waals surface area contributed by atoms with E-state index in [1.165, 1.54) is 4.31 Å². The van der Waals surface area contributed by atoms with Crippen LogP contribution in [0.25, 0.3) is 0 Å². The van der Waals surface area contributed by atoms with Gasteiger partial charge in [0.05, 0.1) is 21.2 Å². The van der Waals surface area contributed by atoms with E-state index < -0.39 is 10.0 Å². The summed E-state index contributed by atoms with van der Waals surface area (Å²) in [5.74, 6) is -0.0736. The second kappa shape index (κ2) is 7.62. The molecule has 0 saturated carbocycles. The van der Waals surface area contributed by atoms with E-state index in [-0.39, 0.29) is 29.8 Å². The first-order valence-corrected chi connectivity index (χ1v) is 12.2. The fourth-order valence-electron chi connectivity index (χ4n) is 4.66. The number of aryl methyl sites for hydroxylation is 1. The first-order valence-electron chi connectivity index (χ1n) is 10.4. The van der Waals surface area contributed by atoms with Gasteiger partial charge in [0, 0.05) is 39.1 Å². The highest BCUT2D eigenvalue weighted by molar-refractivity contribution is 7.89. The van der Waals surface area contributed by atoms with Gasteiger partial charge in [0.15, 0.2) is 0 Å². The van der Waals surface area contributed by atoms with Gasteiger partial charge in [-0.15, -0.1) is 0 Å². The van der Waals surface area contributed by atoms with Gasteiger partial charge in [-0.05, 0) is 48.2 Å². The molecule has 0 atom stereocenters. The number of benzene rings is 2. The third-order valence-corrected chi connectivity index (χ3v) is 8.50. The van der Waals surface area contributed by atoms with Crippen molar-refractivity contribution in [2.75, 3.05) is 37.6 Å². The van der Waals surface area contributed by atoms with Gasteiger partial charge in [0.25, 0.3) is 5.91 Å². The van der Waals surface area contributed by atoms with Crippen molar-refractivity contribution in [3.05, 3.63) is 58.1 Å². The van der Waals surface area contributed by atoms with Gasteiger partial charge >= 0.3 is 0 Å². The Kier molecular flexibility index (Phi) is 5.03. The molecule has 2 amide bonds. The van der Waals surface area contributed by atoms with Crippen LogP contribution in [0.4, 0.5) is 5.69 Å². The number of carbonyl (C=O) groups is 2. The van der Waals surface area contributed by atoms with Crippen molar-refractivity contribution in [1.29, 1.82) is 0 Å². The molecular weight excluding hydrogens is 438 g/mol. The molecule has 0 bridgehead atoms. The second-order valence-corrected chi connectivity index (χ2v) is 10.4. The van der Waals surface area contributed by atoms with E-state index in [4.69, 9.17) is 11.6 Å². The Morgan fingerprint density at radius 1 is 0.903 bits per heavy atom. The van der Waals surface area contributed by atoms with E-state index in [1.807, 2.05) is 0 Å². The Balaban J connectivity index is 1.35. The van der Waals surface area contributed by atoms with Crippen molar-refractivity contribution in [2.45, 2.75) is 24.2 Å². The Morgan fingerprint density at radius 3 is 2.29 bits per heavy atom. The number of piperazine rings is 1. The molecule has 2 aromatic rings. The number of rotatable bonds is 3. The molecule has 2 aromatic carbocycles. The molecule has 0 radical (unpaired) electrons. The molecule has 0 aliphatic carbocycles. The smallest absolute Gasteiger partial charge is 0.255 e. The summed E-state index contributed by atoms with van der Waals surface area (Å²) in [6.45, 7) is 1.70. The molecule has 1 fully saturated rings. The van der Waals surface area contributed by atoms with Crippen LogP contribution >= 0.6 is 11.6 Å². The monoisotopic (exact) mass is 459 g/mol. The molecule has 9 heteroatoms. The van der Waals surface area contributed by atoms with Crippen LogP contribution in [0.15, 0.2) is 41.3 Å². The fraction of sp³-hybridized carbons (Fsp3) is 0.364. The lowest BCUT2D eigenvalue weighted by atomic mass is 10.00. The highest BCUT2D eigenvalue weighted by atomic mass is 35.5. The maximum absolute atomic E-state index is 13.3. The van der Waals surface area contributed by atoms with Crippen molar-refractivity contribution >= 4 is 39.1 Å². The van der Waals surface area contributed by atoms with Crippen molar-refractivity contribution in [1.82, 2.24) is 9.21 Å². The first-order chi connectivity index (χ1) is 14.9. The molecule has 7 nitrogen and oxygen atoms in total. The summed E-state index contributed by atoms with van der Waals surface area (Å²) in [5, 5.41) is 0.391. The molecule has 3 heterocycles. The fourth-order valence-corrected chi connectivity index (χ4v) is 6.40. The van der Waals surface area contributed by atoms with Gasteiger partial charge in [0.2, 0.25) is 15.9 Å². The molecule has 5 rings (SSSR count). The SMILES string of the molecule is O=C(c1ccccc1Cl)N1CCN(S(=O)(=O)c2cc3c4c(c2)CCN4C(=O)CC3)CC1. The lowest BCUT2D eigenvalue weighted by Gasteiger charge is -2.34. The molecule has 3 aliphatic heterocycles. The zero-order valence-corrected chi connectivity index (χ0v) is 18.5. The molecule has 0 unspecified atom stereocenters. The number of anilines is 1. The normalized spacial score (nSPS) is 18.9. The van der Waals surface area contributed by atoms with Crippen molar-refractivity contribution in [3.63, 3.8) is 0 Å². The topological polar surface area (TPSA) is 78.0 Å². The molecule has 0 N–H and O–H groups in total. The van der Waals surface area contributed by atoms with Gasteiger partial charge in [-0.1, -0.05) is 23.7 Å². The van der Waals surface area contributed by atoms with Crippen molar-refractivity contribution < 1.29 is 18.0 Å². The Hall–Kier alpha value is -2.42. The number of halogens is 1. The minimum Gasteiger partial charge on any atom is -0.336 e. The molecule has 162 valence electrons. The lowest BCUT2D eigenvalue weighted by molar-refractivity contribution is -0.118. The maximum Gasteiger partial charge on any atom is 0.255 e. The third kappa shape index (κ3) is 3.43. The van der Waals surface area contributed by atoms with Crippen LogP contribution in [0.3, 0.4) is 0 Å². The summed E-state index contributed by atoms with van der Waals surface area (Å²) < 4.78 is 28.1. The second-order valence-electron chi connectivity index (χ2n) is 8.06. The van der Waals surface area contributed by atoms with Gasteiger partial charge < -0.3 is 9.80 Å². The highest BCUT2D eigenvalue weighted by Crippen LogP contribution is 2.39. The maximum atomic E-state index is 13.3. The van der Waals surface area contributed by atoms with Crippen LogP contribution in [-0.2, 0) is 27.7 Å². The zero-order valence-electron chi connectivity index (χ0n) is 16.9. The highest BCUT2D eigenvalue weighted by Gasteiger charge is 2.35. The molecule has 0 aromatic heterocycles. The van der Waals surface area contributed by atoms with Crippen LogP contribution < -0.4 is 4.90 Å². The third-order valence-electron chi connectivity index (χ3n) is 6.29. The molecule has 31 heavy (non-hydrogen) atoms. The Labute approximate surface area is 186 Å². The van der Waals surface area contributed by atoms with E-state index in [2.05, 4.69) is 0 Å². The summed E-state index contributed by atoms with van der Waals surface area (Å²) in [4.78, 5) is 28.6. The minimum absolute atomic E-state index is 0.112. The number of hydrogen-bond acceptors (Lipinski definition) is 4. The quantitative estimate of drug-likeness (QED) is 0.705. The van der Waals surface area contributed by atoms with E-state index >= 15 is 0 Å². The van der Waals surface area contributed by atoms with Gasteiger partial charge in [0.1, 0.15) is 0 Å². The average molecular weight is 460 g/mol. The molecular formula is C22H22ClN3O4S. The minimum atomic E-state index is -3.68. The van der Waals surface area contributed by atoms with Crippen LogP contribution in [0.2, 0.25) is 5.02 Å². The van der Waals surface area contributed by atoms with Crippen LogP contribution in [0.1, 0.15) is 27.9 Å². The average Bonchev–Trinajstić information content (AvgIpc) is 3.22. The zero-order chi connectivity index (χ0) is 21.8. The Bertz CT molecular complexity index is 1190. The first kappa shape index (κ1) is 20.5. The van der Waals surface area contributed by atoms with Gasteiger partial charge in [-0.25, -0.2) is 8.42 Å². The summed E-state index contributed by atoms with van der Waals surface area (Å²) in [7, 11) is -3.68. The largest absolute Gasteiger partial charge is 0.336 e. The van der Waals surface area contributed by atoms with E-state index in [9.17, 15) is 18.0 Å². The van der Waals surface area contributed by atoms with Gasteiger partial charge in [-0.2, -0.15) is 4.31 Å². The number of amides is 2. The predicted octanol–water partition coefficient (Wildman–Crippen LogP) is 2.32. The van der Waals surface area contributed by atoms with Crippen LogP contribution in [0.5, 0.6) is 0 Å². The summed E-state index contributed by atoms with van der Waals surface area (Å²) >= 11 is 6.14. The standard InChI is InChI=1S/C22H22ClN3O4S/c23-19-4-2-1-3-18(19)22(28)24-9-11-25(12-10-24)31(29,30)17-13-15-5-6-20(27)26-8-7-16(14-17)21(15)26/h1-4,13-14H,5-12H2. The van der Waals surface area contributed by atoms with Crippen LogP contribution in [0, 0.1) is 0 Å². The molecule has 1 saturated heterocycles. The van der Waals surface area contributed by atoms with E-state index in [1.54, 1.807) is 46.2 Å². The number of sulfonamides is 1. The van der Waals surface area contributed by atoms with Crippen molar-refractivity contribution in [2.24, 2.45) is 0 Å². The summed E-state index contributed by atoms with van der Waals surface area (Å²) in [5.41, 5.74) is 3.19. The number of nitrogens with zero attached hydrogens (tertiary/aromatic N) is 3. The van der Waals surface area contributed by atoms with E-state index in [0.29, 0.717) is 49.5 Å². The van der Waals surface area contributed by atoms with Crippen LogP contribution in [-0.4, -0.2) is 62.2 Å². The summed E-state index contributed by atoms with van der Waals surface area (Å²) in [6.07, 6.45) is 1.66. The van der Waals surface area contributed by atoms with Gasteiger partial charge in [-0.3, -0.25) is 9.59 Å². The number of hydrogen-bond donors (Lipinski definition) is 0.